The predicted molar refractivity (Wildman–Crippen MR) is 102 cm³/mol. The third kappa shape index (κ3) is 5.22. The molecule has 0 heterocycles. The number of para-hydroxylation sites is 1. The van der Waals surface area contributed by atoms with E-state index in [4.69, 9.17) is 11.6 Å². The third-order valence-corrected chi connectivity index (χ3v) is 4.25. The van der Waals surface area contributed by atoms with Crippen molar-refractivity contribution in [3.05, 3.63) is 58.6 Å². The highest BCUT2D eigenvalue weighted by atomic mass is 35.5. The number of hydrogen-bond acceptors (Lipinski definition) is 3. The summed E-state index contributed by atoms with van der Waals surface area (Å²) in [4.78, 5) is 25.7. The van der Waals surface area contributed by atoms with Gasteiger partial charge < -0.3 is 15.5 Å². The summed E-state index contributed by atoms with van der Waals surface area (Å²) in [5.41, 5.74) is 3.15. The van der Waals surface area contributed by atoms with E-state index >= 15 is 0 Å². The van der Waals surface area contributed by atoms with Crippen LogP contribution in [0.25, 0.3) is 0 Å². The highest BCUT2D eigenvalue weighted by molar-refractivity contribution is 6.31. The lowest BCUT2D eigenvalue weighted by Crippen LogP contribution is -2.25. The molecule has 2 aromatic carbocycles. The minimum atomic E-state index is -0.181. The average molecular weight is 360 g/mol. The molecule has 0 aromatic heterocycles. The van der Waals surface area contributed by atoms with Crippen LogP contribution in [0.3, 0.4) is 0 Å². The number of rotatable bonds is 6. The molecule has 0 spiro atoms. The lowest BCUT2D eigenvalue weighted by molar-refractivity contribution is -0.127. The fraction of sp³-hybridized carbons (Fsp3) is 0.263. The summed E-state index contributed by atoms with van der Waals surface area (Å²) in [5.74, 6) is -0.174. The summed E-state index contributed by atoms with van der Waals surface area (Å²) in [6, 6.07) is 12.9. The minimum absolute atomic E-state index is 0.00764. The Kier molecular flexibility index (Phi) is 6.42. The standard InChI is InChI=1S/C19H22ClN3O2/c1-13-15(20)8-6-10-16(13)22-18(24)12-21-17-9-5-4-7-14(17)11-19(25)23(2)3/h4-10,21H,11-12H2,1-3H3,(H,22,24). The Morgan fingerprint density at radius 1 is 1.04 bits per heavy atom. The van der Waals surface area contributed by atoms with Crippen molar-refractivity contribution in [2.45, 2.75) is 13.3 Å². The molecule has 132 valence electrons. The highest BCUT2D eigenvalue weighted by Gasteiger charge is 2.11. The van der Waals surface area contributed by atoms with Gasteiger partial charge in [-0.3, -0.25) is 9.59 Å². The smallest absolute Gasteiger partial charge is 0.243 e. The van der Waals surface area contributed by atoms with E-state index in [2.05, 4.69) is 10.6 Å². The van der Waals surface area contributed by atoms with Gasteiger partial charge in [0.1, 0.15) is 0 Å². The van der Waals surface area contributed by atoms with Crippen LogP contribution in [0.15, 0.2) is 42.5 Å². The van der Waals surface area contributed by atoms with E-state index < -0.39 is 0 Å². The lowest BCUT2D eigenvalue weighted by atomic mass is 10.1. The number of nitrogens with zero attached hydrogens (tertiary/aromatic N) is 1. The average Bonchev–Trinajstić information content (AvgIpc) is 2.58. The maximum atomic E-state index is 12.2. The SMILES string of the molecule is Cc1c(Cl)cccc1NC(=O)CNc1ccccc1CC(=O)N(C)C. The first-order valence-electron chi connectivity index (χ1n) is 7.95. The van der Waals surface area contributed by atoms with Gasteiger partial charge in [-0.25, -0.2) is 0 Å². The molecule has 0 saturated heterocycles. The molecule has 0 aliphatic carbocycles. The molecule has 6 heteroatoms. The van der Waals surface area contributed by atoms with Crippen LogP contribution >= 0.6 is 11.6 Å². The summed E-state index contributed by atoms with van der Waals surface area (Å²) in [6.07, 6.45) is 0.283. The van der Waals surface area contributed by atoms with Gasteiger partial charge >= 0.3 is 0 Å². The van der Waals surface area contributed by atoms with Crippen LogP contribution in [0.5, 0.6) is 0 Å². The first kappa shape index (κ1) is 18.8. The predicted octanol–water partition coefficient (Wildman–Crippen LogP) is 3.33. The molecule has 2 aromatic rings. The maximum Gasteiger partial charge on any atom is 0.243 e. The number of carbonyl (C=O) groups is 2. The second-order valence-corrected chi connectivity index (χ2v) is 6.34. The monoisotopic (exact) mass is 359 g/mol. The van der Waals surface area contributed by atoms with E-state index in [0.29, 0.717) is 10.7 Å². The Morgan fingerprint density at radius 2 is 1.72 bits per heavy atom. The van der Waals surface area contributed by atoms with Crippen LogP contribution in [0.1, 0.15) is 11.1 Å². The summed E-state index contributed by atoms with van der Waals surface area (Å²) in [6.45, 7) is 1.95. The van der Waals surface area contributed by atoms with Crippen LogP contribution in [0.2, 0.25) is 5.02 Å². The molecular weight excluding hydrogens is 338 g/mol. The van der Waals surface area contributed by atoms with Gasteiger partial charge in [0.15, 0.2) is 0 Å². The van der Waals surface area contributed by atoms with E-state index in [-0.39, 0.29) is 24.8 Å². The third-order valence-electron chi connectivity index (χ3n) is 3.84. The van der Waals surface area contributed by atoms with Crippen molar-refractivity contribution >= 4 is 34.8 Å². The first-order valence-corrected chi connectivity index (χ1v) is 8.33. The molecule has 0 bridgehead atoms. The highest BCUT2D eigenvalue weighted by Crippen LogP contribution is 2.23. The van der Waals surface area contributed by atoms with Gasteiger partial charge in [-0.2, -0.15) is 0 Å². The number of hydrogen-bond donors (Lipinski definition) is 2. The Labute approximate surface area is 153 Å². The molecule has 25 heavy (non-hydrogen) atoms. The normalized spacial score (nSPS) is 10.2. The van der Waals surface area contributed by atoms with Crippen LogP contribution in [-0.2, 0) is 16.0 Å². The maximum absolute atomic E-state index is 12.2. The summed E-state index contributed by atoms with van der Waals surface area (Å²) in [5, 5.41) is 6.54. The van der Waals surface area contributed by atoms with Crippen molar-refractivity contribution in [1.29, 1.82) is 0 Å². The Morgan fingerprint density at radius 3 is 2.44 bits per heavy atom. The Balaban J connectivity index is 2.00. The minimum Gasteiger partial charge on any atom is -0.376 e. The van der Waals surface area contributed by atoms with Crippen molar-refractivity contribution in [3.63, 3.8) is 0 Å². The molecule has 2 N–H and O–H groups in total. The number of halogens is 1. The molecule has 0 atom stereocenters. The molecule has 0 saturated carbocycles. The number of anilines is 2. The number of amides is 2. The van der Waals surface area contributed by atoms with Gasteiger partial charge in [-0.05, 0) is 36.2 Å². The topological polar surface area (TPSA) is 61.4 Å². The molecule has 0 aliphatic heterocycles. The van der Waals surface area contributed by atoms with E-state index in [1.54, 1.807) is 31.1 Å². The summed E-state index contributed by atoms with van der Waals surface area (Å²) < 4.78 is 0. The second kappa shape index (κ2) is 8.53. The molecule has 2 amide bonds. The zero-order chi connectivity index (χ0) is 18.4. The molecular formula is C19H22ClN3O2. The molecule has 0 aliphatic rings. The molecule has 0 radical (unpaired) electrons. The quantitative estimate of drug-likeness (QED) is 0.831. The fourth-order valence-electron chi connectivity index (χ4n) is 2.28. The van der Waals surface area contributed by atoms with E-state index in [1.165, 1.54) is 0 Å². The molecule has 5 nitrogen and oxygen atoms in total. The number of likely N-dealkylation sites (N-methyl/N-ethyl adjacent to an activating group) is 1. The van der Waals surface area contributed by atoms with Gasteiger partial charge in [-0.15, -0.1) is 0 Å². The van der Waals surface area contributed by atoms with Crippen LogP contribution in [0, 0.1) is 6.92 Å². The fourth-order valence-corrected chi connectivity index (χ4v) is 2.46. The zero-order valence-corrected chi connectivity index (χ0v) is 15.4. The lowest BCUT2D eigenvalue weighted by Gasteiger charge is -2.15. The van der Waals surface area contributed by atoms with E-state index in [0.717, 1.165) is 16.8 Å². The van der Waals surface area contributed by atoms with Crippen LogP contribution in [-0.4, -0.2) is 37.4 Å². The van der Waals surface area contributed by atoms with Crippen molar-refractivity contribution in [1.82, 2.24) is 4.90 Å². The van der Waals surface area contributed by atoms with Gasteiger partial charge in [0.25, 0.3) is 0 Å². The van der Waals surface area contributed by atoms with Crippen LogP contribution < -0.4 is 10.6 Å². The van der Waals surface area contributed by atoms with Gasteiger partial charge in [0, 0.05) is 30.5 Å². The van der Waals surface area contributed by atoms with Crippen molar-refractivity contribution in [2.75, 3.05) is 31.3 Å². The van der Waals surface area contributed by atoms with Crippen molar-refractivity contribution < 1.29 is 9.59 Å². The van der Waals surface area contributed by atoms with E-state index in [9.17, 15) is 9.59 Å². The Hall–Kier alpha value is -2.53. The zero-order valence-electron chi connectivity index (χ0n) is 14.6. The number of carbonyl (C=O) groups excluding carboxylic acids is 2. The Bertz CT molecular complexity index is 775. The molecule has 2 rings (SSSR count). The number of nitrogens with one attached hydrogen (secondary N) is 2. The first-order chi connectivity index (χ1) is 11.9. The van der Waals surface area contributed by atoms with Crippen molar-refractivity contribution in [3.8, 4) is 0 Å². The van der Waals surface area contributed by atoms with Gasteiger partial charge in [-0.1, -0.05) is 35.9 Å². The van der Waals surface area contributed by atoms with Gasteiger partial charge in [0.05, 0.1) is 13.0 Å². The largest absolute Gasteiger partial charge is 0.376 e. The summed E-state index contributed by atoms with van der Waals surface area (Å²) in [7, 11) is 3.44. The van der Waals surface area contributed by atoms with Crippen LogP contribution in [0.4, 0.5) is 11.4 Å². The summed E-state index contributed by atoms with van der Waals surface area (Å²) >= 11 is 6.06. The number of benzene rings is 2. The van der Waals surface area contributed by atoms with Gasteiger partial charge in [0.2, 0.25) is 11.8 Å². The molecule has 0 unspecified atom stereocenters. The van der Waals surface area contributed by atoms with Crippen molar-refractivity contribution in [2.24, 2.45) is 0 Å². The second-order valence-electron chi connectivity index (χ2n) is 5.94. The molecule has 0 fully saturated rings. The van der Waals surface area contributed by atoms with E-state index in [1.807, 2.05) is 37.3 Å².